The standard InChI is InChI=1S/C14H26N4/c1-4-12-10-17(9-11(2)3)14(16-12)18-7-5-6-13(18)8-15/h10-11,13H,4-9,15H2,1-3H3. The van der Waals surface area contributed by atoms with E-state index >= 15 is 0 Å². The Labute approximate surface area is 110 Å². The van der Waals surface area contributed by atoms with E-state index in [4.69, 9.17) is 10.7 Å². The lowest BCUT2D eigenvalue weighted by atomic mass is 10.2. The Bertz CT molecular complexity index is 383. The third kappa shape index (κ3) is 2.69. The highest BCUT2D eigenvalue weighted by Gasteiger charge is 2.27. The molecule has 1 fully saturated rings. The number of imidazole rings is 1. The van der Waals surface area contributed by atoms with Crippen molar-refractivity contribution in [1.29, 1.82) is 0 Å². The van der Waals surface area contributed by atoms with Crippen LogP contribution in [-0.2, 0) is 13.0 Å². The molecule has 1 atom stereocenters. The number of nitrogens with two attached hydrogens (primary N) is 1. The quantitative estimate of drug-likeness (QED) is 0.870. The number of aryl methyl sites for hydroxylation is 1. The fourth-order valence-electron chi connectivity index (χ4n) is 2.73. The fraction of sp³-hybridized carbons (Fsp3) is 0.786. The van der Waals surface area contributed by atoms with E-state index in [1.807, 2.05) is 0 Å². The van der Waals surface area contributed by atoms with Crippen LogP contribution < -0.4 is 10.6 Å². The summed E-state index contributed by atoms with van der Waals surface area (Å²) in [6.07, 6.45) is 5.64. The third-order valence-electron chi connectivity index (χ3n) is 3.64. The van der Waals surface area contributed by atoms with Crippen molar-refractivity contribution >= 4 is 5.95 Å². The van der Waals surface area contributed by atoms with Gasteiger partial charge < -0.3 is 15.2 Å². The largest absolute Gasteiger partial charge is 0.338 e. The minimum Gasteiger partial charge on any atom is -0.338 e. The Morgan fingerprint density at radius 1 is 1.50 bits per heavy atom. The first-order valence-corrected chi connectivity index (χ1v) is 7.18. The molecule has 0 amide bonds. The normalized spacial score (nSPS) is 20.1. The third-order valence-corrected chi connectivity index (χ3v) is 3.64. The molecule has 2 rings (SSSR count). The second kappa shape index (κ2) is 5.74. The maximum absolute atomic E-state index is 5.87. The van der Waals surface area contributed by atoms with Crippen molar-refractivity contribution in [3.63, 3.8) is 0 Å². The smallest absolute Gasteiger partial charge is 0.206 e. The molecule has 0 bridgehead atoms. The molecule has 0 radical (unpaired) electrons. The van der Waals surface area contributed by atoms with E-state index in [-0.39, 0.29) is 0 Å². The van der Waals surface area contributed by atoms with E-state index in [0.717, 1.165) is 32.0 Å². The summed E-state index contributed by atoms with van der Waals surface area (Å²) in [7, 11) is 0. The van der Waals surface area contributed by atoms with Crippen molar-refractivity contribution in [2.75, 3.05) is 18.0 Å². The van der Waals surface area contributed by atoms with Crippen molar-refractivity contribution in [2.24, 2.45) is 11.7 Å². The molecule has 1 aliphatic rings. The van der Waals surface area contributed by atoms with E-state index in [1.54, 1.807) is 0 Å². The van der Waals surface area contributed by atoms with Crippen molar-refractivity contribution < 1.29 is 0 Å². The highest BCUT2D eigenvalue weighted by Crippen LogP contribution is 2.25. The van der Waals surface area contributed by atoms with Gasteiger partial charge >= 0.3 is 0 Å². The monoisotopic (exact) mass is 250 g/mol. The van der Waals surface area contributed by atoms with Gasteiger partial charge in [-0.05, 0) is 25.2 Å². The Morgan fingerprint density at radius 3 is 2.89 bits per heavy atom. The molecule has 4 nitrogen and oxygen atoms in total. The van der Waals surface area contributed by atoms with Crippen LogP contribution in [0.5, 0.6) is 0 Å². The van der Waals surface area contributed by atoms with Crippen LogP contribution in [0.2, 0.25) is 0 Å². The molecule has 4 heteroatoms. The van der Waals surface area contributed by atoms with Crippen LogP contribution in [0.3, 0.4) is 0 Å². The second-order valence-corrected chi connectivity index (χ2v) is 5.66. The summed E-state index contributed by atoms with van der Waals surface area (Å²) in [4.78, 5) is 7.20. The molecule has 1 unspecified atom stereocenters. The maximum Gasteiger partial charge on any atom is 0.206 e. The minimum absolute atomic E-state index is 0.475. The summed E-state index contributed by atoms with van der Waals surface area (Å²) in [5.41, 5.74) is 7.06. The maximum atomic E-state index is 5.87. The summed E-state index contributed by atoms with van der Waals surface area (Å²) in [5.74, 6) is 1.77. The molecule has 102 valence electrons. The zero-order valence-corrected chi connectivity index (χ0v) is 11.9. The number of hydrogen-bond donors (Lipinski definition) is 1. The van der Waals surface area contributed by atoms with Gasteiger partial charge in [-0.15, -0.1) is 0 Å². The van der Waals surface area contributed by atoms with Crippen LogP contribution in [0.1, 0.15) is 39.3 Å². The van der Waals surface area contributed by atoms with Gasteiger partial charge in [-0.3, -0.25) is 0 Å². The molecule has 18 heavy (non-hydrogen) atoms. The Balaban J connectivity index is 2.26. The number of rotatable bonds is 5. The first-order valence-electron chi connectivity index (χ1n) is 7.18. The lowest BCUT2D eigenvalue weighted by molar-refractivity contribution is 0.514. The van der Waals surface area contributed by atoms with Gasteiger partial charge in [-0.1, -0.05) is 20.8 Å². The zero-order chi connectivity index (χ0) is 13.1. The number of hydrogen-bond acceptors (Lipinski definition) is 3. The lowest BCUT2D eigenvalue weighted by Gasteiger charge is -2.25. The summed E-state index contributed by atoms with van der Waals surface area (Å²) in [5, 5.41) is 0. The van der Waals surface area contributed by atoms with Crippen LogP contribution in [0, 0.1) is 5.92 Å². The van der Waals surface area contributed by atoms with Crippen LogP contribution in [0.25, 0.3) is 0 Å². The van der Waals surface area contributed by atoms with Gasteiger partial charge in [0.1, 0.15) is 0 Å². The molecule has 0 aliphatic carbocycles. The zero-order valence-electron chi connectivity index (χ0n) is 11.9. The van der Waals surface area contributed by atoms with Gasteiger partial charge in [-0.25, -0.2) is 4.98 Å². The molecular weight excluding hydrogens is 224 g/mol. The van der Waals surface area contributed by atoms with E-state index in [9.17, 15) is 0 Å². The van der Waals surface area contributed by atoms with Crippen molar-refractivity contribution in [2.45, 2.75) is 52.6 Å². The highest BCUT2D eigenvalue weighted by molar-refractivity contribution is 5.37. The Kier molecular flexibility index (Phi) is 4.27. The SMILES string of the molecule is CCc1cn(CC(C)C)c(N2CCCC2CN)n1. The minimum atomic E-state index is 0.475. The Morgan fingerprint density at radius 2 is 2.28 bits per heavy atom. The fourth-order valence-corrected chi connectivity index (χ4v) is 2.73. The van der Waals surface area contributed by atoms with Crippen molar-refractivity contribution in [3.05, 3.63) is 11.9 Å². The molecule has 0 saturated carbocycles. The molecule has 1 saturated heterocycles. The first-order chi connectivity index (χ1) is 8.65. The average Bonchev–Trinajstić information content (AvgIpc) is 2.93. The van der Waals surface area contributed by atoms with Crippen LogP contribution >= 0.6 is 0 Å². The molecule has 0 aromatic carbocycles. The van der Waals surface area contributed by atoms with Gasteiger partial charge in [0.05, 0.1) is 5.69 Å². The van der Waals surface area contributed by atoms with Gasteiger partial charge in [0.25, 0.3) is 0 Å². The summed E-state index contributed by atoms with van der Waals surface area (Å²) in [6, 6.07) is 0.475. The van der Waals surface area contributed by atoms with Crippen molar-refractivity contribution in [1.82, 2.24) is 9.55 Å². The molecule has 2 N–H and O–H groups in total. The molecule has 0 spiro atoms. The van der Waals surface area contributed by atoms with E-state index in [1.165, 1.54) is 18.5 Å². The summed E-state index contributed by atoms with van der Waals surface area (Å²) < 4.78 is 2.32. The second-order valence-electron chi connectivity index (χ2n) is 5.66. The lowest BCUT2D eigenvalue weighted by Crippen LogP contribution is -2.37. The molecular formula is C14H26N4. The van der Waals surface area contributed by atoms with Crippen LogP contribution in [-0.4, -0.2) is 28.7 Å². The molecule has 1 aliphatic heterocycles. The van der Waals surface area contributed by atoms with Gasteiger partial charge in [0.2, 0.25) is 5.95 Å². The van der Waals surface area contributed by atoms with E-state index < -0.39 is 0 Å². The molecule has 1 aromatic heterocycles. The molecule has 2 heterocycles. The predicted octanol–water partition coefficient (Wildman–Crippen LogP) is 2.03. The highest BCUT2D eigenvalue weighted by atomic mass is 15.3. The topological polar surface area (TPSA) is 47.1 Å². The predicted molar refractivity (Wildman–Crippen MR) is 75.9 cm³/mol. The summed E-state index contributed by atoms with van der Waals surface area (Å²) >= 11 is 0. The first kappa shape index (κ1) is 13.4. The molecule has 1 aromatic rings. The van der Waals surface area contributed by atoms with E-state index in [2.05, 4.69) is 36.4 Å². The van der Waals surface area contributed by atoms with Gasteiger partial charge in [0.15, 0.2) is 0 Å². The van der Waals surface area contributed by atoms with Gasteiger partial charge in [-0.2, -0.15) is 0 Å². The number of anilines is 1. The van der Waals surface area contributed by atoms with E-state index in [0.29, 0.717) is 12.0 Å². The van der Waals surface area contributed by atoms with Crippen LogP contribution in [0.15, 0.2) is 6.20 Å². The van der Waals surface area contributed by atoms with Gasteiger partial charge in [0, 0.05) is 31.9 Å². The summed E-state index contributed by atoms with van der Waals surface area (Å²) in [6.45, 7) is 9.53. The Hall–Kier alpha value is -1.03. The number of nitrogens with zero attached hydrogens (tertiary/aromatic N) is 3. The van der Waals surface area contributed by atoms with Crippen molar-refractivity contribution in [3.8, 4) is 0 Å². The van der Waals surface area contributed by atoms with Crippen LogP contribution in [0.4, 0.5) is 5.95 Å². The number of aromatic nitrogens is 2. The average molecular weight is 250 g/mol.